The minimum atomic E-state index is -0.500. The van der Waals surface area contributed by atoms with E-state index in [0.29, 0.717) is 25.2 Å². The van der Waals surface area contributed by atoms with E-state index in [1.807, 2.05) is 39.8 Å². The van der Waals surface area contributed by atoms with E-state index in [2.05, 4.69) is 20.8 Å². The molecule has 1 atom stereocenters. The van der Waals surface area contributed by atoms with Crippen LogP contribution in [0.2, 0.25) is 0 Å². The molecule has 0 radical (unpaired) electrons. The first-order chi connectivity index (χ1) is 12.1. The molecule has 0 spiro atoms. The first-order valence-electron chi connectivity index (χ1n) is 8.69. The Kier molecular flexibility index (Phi) is 6.69. The molecule has 7 heteroatoms. The summed E-state index contributed by atoms with van der Waals surface area (Å²) in [5.41, 5.74) is 0.974. The van der Waals surface area contributed by atoms with Gasteiger partial charge in [-0.1, -0.05) is 15.9 Å². The summed E-state index contributed by atoms with van der Waals surface area (Å²) in [5, 5.41) is 0. The molecule has 1 saturated heterocycles. The van der Waals surface area contributed by atoms with Crippen LogP contribution >= 0.6 is 15.9 Å². The van der Waals surface area contributed by atoms with Crippen molar-refractivity contribution in [3.05, 3.63) is 33.8 Å². The third-order valence-electron chi connectivity index (χ3n) is 4.21. The van der Waals surface area contributed by atoms with Gasteiger partial charge in [0.25, 0.3) is 0 Å². The lowest BCUT2D eigenvalue weighted by molar-refractivity contribution is 0.000546. The Hall–Kier alpha value is -1.60. The smallest absolute Gasteiger partial charge is 0.410 e. The Morgan fingerprint density at radius 1 is 1.27 bits per heavy atom. The summed E-state index contributed by atoms with van der Waals surface area (Å²) in [5.74, 6) is -0.340. The van der Waals surface area contributed by atoms with Crippen LogP contribution in [0.5, 0.6) is 0 Å². The van der Waals surface area contributed by atoms with Crippen LogP contribution in [0, 0.1) is 0 Å². The molecule has 0 aromatic heterocycles. The van der Waals surface area contributed by atoms with Crippen molar-refractivity contribution in [3.63, 3.8) is 0 Å². The molecule has 144 valence electrons. The largest absolute Gasteiger partial charge is 0.465 e. The third kappa shape index (κ3) is 5.45. The van der Waals surface area contributed by atoms with Gasteiger partial charge in [-0.25, -0.2) is 9.59 Å². The second kappa shape index (κ2) is 8.39. The van der Waals surface area contributed by atoms with Crippen LogP contribution in [0.25, 0.3) is 0 Å². The van der Waals surface area contributed by atoms with Crippen molar-refractivity contribution in [3.8, 4) is 0 Å². The first-order valence-corrected chi connectivity index (χ1v) is 9.48. The van der Waals surface area contributed by atoms with Gasteiger partial charge in [-0.2, -0.15) is 0 Å². The normalized spacial score (nSPS) is 18.5. The summed E-state index contributed by atoms with van der Waals surface area (Å²) in [6, 6.07) is 5.58. The number of carbonyl (C=O) groups is 2. The highest BCUT2D eigenvalue weighted by molar-refractivity contribution is 9.10. The minimum absolute atomic E-state index is 0.0346. The second-order valence-corrected chi connectivity index (χ2v) is 8.47. The Balaban J connectivity index is 2.05. The molecular weight excluding hydrogens is 400 g/mol. The molecule has 1 unspecified atom stereocenters. The number of piperazine rings is 1. The lowest BCUT2D eigenvalue weighted by Crippen LogP contribution is -2.54. The maximum atomic E-state index is 12.3. The third-order valence-corrected chi connectivity index (χ3v) is 4.70. The Morgan fingerprint density at radius 3 is 2.54 bits per heavy atom. The molecule has 1 heterocycles. The maximum Gasteiger partial charge on any atom is 0.410 e. The summed E-state index contributed by atoms with van der Waals surface area (Å²) in [6.45, 7) is 10.3. The van der Waals surface area contributed by atoms with E-state index >= 15 is 0 Å². The second-order valence-electron chi connectivity index (χ2n) is 7.55. The number of nitrogens with zero attached hydrogens (tertiary/aromatic N) is 2. The van der Waals surface area contributed by atoms with Crippen LogP contribution in [-0.2, 0) is 16.0 Å². The maximum absolute atomic E-state index is 12.3. The fraction of sp³-hybridized carbons (Fsp3) is 0.579. The SMILES string of the molecule is COC(=O)c1ccc(Br)cc1CN1CCN(C(=O)OC(C)(C)C)C(C)C1. The number of hydrogen-bond donors (Lipinski definition) is 0. The van der Waals surface area contributed by atoms with E-state index in [1.54, 1.807) is 11.0 Å². The van der Waals surface area contributed by atoms with Crippen LogP contribution < -0.4 is 0 Å². The van der Waals surface area contributed by atoms with Gasteiger partial charge in [0.15, 0.2) is 0 Å². The molecule has 1 amide bonds. The predicted molar refractivity (Wildman–Crippen MR) is 103 cm³/mol. The van der Waals surface area contributed by atoms with Crippen LogP contribution in [0.15, 0.2) is 22.7 Å². The van der Waals surface area contributed by atoms with E-state index in [4.69, 9.17) is 9.47 Å². The predicted octanol–water partition coefficient (Wildman–Crippen LogP) is 3.68. The van der Waals surface area contributed by atoms with E-state index in [0.717, 1.165) is 16.6 Å². The standard InChI is InChI=1S/C19H27BrN2O4/c1-13-11-21(8-9-22(13)18(24)26-19(2,3)4)12-14-10-15(20)6-7-16(14)17(23)25-5/h6-7,10,13H,8-9,11-12H2,1-5H3. The highest BCUT2D eigenvalue weighted by Crippen LogP contribution is 2.22. The molecule has 1 aliphatic rings. The van der Waals surface area contributed by atoms with Gasteiger partial charge in [0, 0.05) is 36.7 Å². The molecule has 6 nitrogen and oxygen atoms in total. The van der Waals surface area contributed by atoms with Crippen molar-refractivity contribution >= 4 is 28.0 Å². The minimum Gasteiger partial charge on any atom is -0.465 e. The van der Waals surface area contributed by atoms with Gasteiger partial charge in [-0.15, -0.1) is 0 Å². The zero-order chi connectivity index (χ0) is 19.5. The summed E-state index contributed by atoms with van der Waals surface area (Å²) >= 11 is 3.46. The monoisotopic (exact) mass is 426 g/mol. The fourth-order valence-electron chi connectivity index (χ4n) is 3.01. The van der Waals surface area contributed by atoms with Crippen molar-refractivity contribution in [2.24, 2.45) is 0 Å². The summed E-state index contributed by atoms with van der Waals surface area (Å²) in [7, 11) is 1.38. The van der Waals surface area contributed by atoms with E-state index in [1.165, 1.54) is 7.11 Å². The van der Waals surface area contributed by atoms with E-state index in [9.17, 15) is 9.59 Å². The van der Waals surface area contributed by atoms with Crippen molar-refractivity contribution in [2.45, 2.75) is 45.9 Å². The Labute approximate surface area is 163 Å². The number of rotatable bonds is 3. The molecule has 0 saturated carbocycles. The molecule has 0 N–H and O–H groups in total. The average Bonchev–Trinajstić information content (AvgIpc) is 2.52. The van der Waals surface area contributed by atoms with Crippen LogP contribution in [-0.4, -0.2) is 60.2 Å². The van der Waals surface area contributed by atoms with Crippen LogP contribution in [0.4, 0.5) is 4.79 Å². The molecule has 1 aromatic rings. The van der Waals surface area contributed by atoms with Gasteiger partial charge < -0.3 is 14.4 Å². The number of benzene rings is 1. The van der Waals surface area contributed by atoms with Crippen LogP contribution in [0.3, 0.4) is 0 Å². The van der Waals surface area contributed by atoms with Gasteiger partial charge in [0.1, 0.15) is 5.60 Å². The number of ether oxygens (including phenoxy) is 2. The lowest BCUT2D eigenvalue weighted by Gasteiger charge is -2.40. The Morgan fingerprint density at radius 2 is 1.96 bits per heavy atom. The zero-order valence-electron chi connectivity index (χ0n) is 16.0. The molecule has 1 aliphatic heterocycles. The first kappa shape index (κ1) is 20.7. The summed E-state index contributed by atoms with van der Waals surface area (Å²) in [6.07, 6.45) is -0.276. The van der Waals surface area contributed by atoms with Crippen molar-refractivity contribution in [2.75, 3.05) is 26.7 Å². The van der Waals surface area contributed by atoms with Crippen molar-refractivity contribution in [1.82, 2.24) is 9.80 Å². The number of amides is 1. The number of carbonyl (C=O) groups excluding carboxylic acids is 2. The van der Waals surface area contributed by atoms with E-state index in [-0.39, 0.29) is 18.1 Å². The topological polar surface area (TPSA) is 59.1 Å². The quantitative estimate of drug-likeness (QED) is 0.689. The Bertz CT molecular complexity index is 672. The van der Waals surface area contributed by atoms with Crippen LogP contribution in [0.1, 0.15) is 43.6 Å². The van der Waals surface area contributed by atoms with Crippen molar-refractivity contribution < 1.29 is 19.1 Å². The zero-order valence-corrected chi connectivity index (χ0v) is 17.6. The van der Waals surface area contributed by atoms with Gasteiger partial charge in [0.2, 0.25) is 0 Å². The van der Waals surface area contributed by atoms with E-state index < -0.39 is 5.60 Å². The number of hydrogen-bond acceptors (Lipinski definition) is 5. The molecular formula is C19H27BrN2O4. The highest BCUT2D eigenvalue weighted by atomic mass is 79.9. The molecule has 26 heavy (non-hydrogen) atoms. The average molecular weight is 427 g/mol. The summed E-state index contributed by atoms with van der Waals surface area (Å²) in [4.78, 5) is 28.3. The number of halogens is 1. The lowest BCUT2D eigenvalue weighted by atomic mass is 10.1. The molecule has 1 aromatic carbocycles. The number of methoxy groups -OCH3 is 1. The molecule has 0 bridgehead atoms. The summed E-state index contributed by atoms with van der Waals surface area (Å²) < 4.78 is 11.3. The molecule has 1 fully saturated rings. The number of esters is 1. The van der Waals surface area contributed by atoms with Gasteiger partial charge >= 0.3 is 12.1 Å². The highest BCUT2D eigenvalue weighted by Gasteiger charge is 2.31. The van der Waals surface area contributed by atoms with Gasteiger partial charge in [-0.05, 0) is 51.5 Å². The van der Waals surface area contributed by atoms with Gasteiger partial charge in [-0.3, -0.25) is 4.90 Å². The van der Waals surface area contributed by atoms with Gasteiger partial charge in [0.05, 0.1) is 12.7 Å². The molecule has 0 aliphatic carbocycles. The molecule has 2 rings (SSSR count). The van der Waals surface area contributed by atoms with Crippen molar-refractivity contribution in [1.29, 1.82) is 0 Å². The fourth-order valence-corrected chi connectivity index (χ4v) is 3.42.